The summed E-state index contributed by atoms with van der Waals surface area (Å²) in [6.45, 7) is 1.76. The first-order chi connectivity index (χ1) is 14.5. The van der Waals surface area contributed by atoms with E-state index in [-0.39, 0.29) is 17.7 Å². The number of thiophene rings is 1. The monoisotopic (exact) mass is 423 g/mol. The normalized spacial score (nSPS) is 14.8. The fraction of sp³-hybridized carbons (Fsp3) is 0.364. The molecule has 1 aliphatic rings. The number of nitrogens with zero attached hydrogens (tertiary/aromatic N) is 4. The van der Waals surface area contributed by atoms with Crippen LogP contribution in [0.4, 0.5) is 5.82 Å². The van der Waals surface area contributed by atoms with Crippen molar-refractivity contribution in [2.75, 3.05) is 31.6 Å². The topological polar surface area (TPSA) is 92.4 Å². The number of anilines is 1. The maximum atomic E-state index is 12.6. The number of rotatable bonds is 6. The third kappa shape index (κ3) is 4.28. The maximum absolute atomic E-state index is 12.6. The molecule has 2 aromatic heterocycles. The average Bonchev–Trinajstić information content (AvgIpc) is 3.22. The van der Waals surface area contributed by atoms with Gasteiger partial charge in [0.15, 0.2) is 0 Å². The maximum Gasteiger partial charge on any atom is 0.224 e. The third-order valence-corrected chi connectivity index (χ3v) is 6.73. The number of piperidine rings is 1. The van der Waals surface area contributed by atoms with Gasteiger partial charge in [-0.1, -0.05) is 30.3 Å². The van der Waals surface area contributed by atoms with Crippen LogP contribution < -0.4 is 10.6 Å². The van der Waals surface area contributed by atoms with E-state index in [4.69, 9.17) is 5.73 Å². The molecular formula is C22H25N5O2S. The molecule has 3 heterocycles. The van der Waals surface area contributed by atoms with Gasteiger partial charge in [-0.3, -0.25) is 9.59 Å². The number of carbonyl (C=O) groups excluding carboxylic acids is 2. The van der Waals surface area contributed by atoms with Crippen molar-refractivity contribution in [3.63, 3.8) is 0 Å². The van der Waals surface area contributed by atoms with E-state index in [1.165, 1.54) is 0 Å². The number of aromatic nitrogens is 2. The van der Waals surface area contributed by atoms with Crippen LogP contribution in [0.25, 0.3) is 20.7 Å². The van der Waals surface area contributed by atoms with Gasteiger partial charge < -0.3 is 15.5 Å². The zero-order chi connectivity index (χ0) is 21.1. The Hall–Kier alpha value is -3.00. The lowest BCUT2D eigenvalue weighted by atomic mass is 9.96. The van der Waals surface area contributed by atoms with Crippen molar-refractivity contribution in [3.8, 4) is 10.4 Å². The number of benzene rings is 1. The summed E-state index contributed by atoms with van der Waals surface area (Å²) in [4.78, 5) is 38.8. The lowest BCUT2D eigenvalue weighted by Gasteiger charge is -2.31. The summed E-state index contributed by atoms with van der Waals surface area (Å²) in [5.41, 5.74) is 6.53. The number of nitrogens with two attached hydrogens (primary N) is 1. The Morgan fingerprint density at radius 1 is 1.20 bits per heavy atom. The van der Waals surface area contributed by atoms with Crippen LogP contribution in [-0.2, 0) is 9.59 Å². The number of hydrogen-bond donors (Lipinski definition) is 1. The summed E-state index contributed by atoms with van der Waals surface area (Å²) in [6, 6.07) is 12.3. The molecule has 2 amide bonds. The van der Waals surface area contributed by atoms with E-state index in [0.717, 1.165) is 26.5 Å². The summed E-state index contributed by atoms with van der Waals surface area (Å²) < 4.78 is 0. The van der Waals surface area contributed by atoms with Gasteiger partial charge in [-0.25, -0.2) is 9.97 Å². The fourth-order valence-corrected chi connectivity index (χ4v) is 4.83. The van der Waals surface area contributed by atoms with Gasteiger partial charge in [0, 0.05) is 43.9 Å². The largest absolute Gasteiger partial charge is 0.369 e. The van der Waals surface area contributed by atoms with Gasteiger partial charge in [-0.2, -0.15) is 0 Å². The molecule has 2 N–H and O–H groups in total. The van der Waals surface area contributed by atoms with Crippen LogP contribution in [-0.4, -0.2) is 53.4 Å². The summed E-state index contributed by atoms with van der Waals surface area (Å²) in [7, 11) is 1.95. The molecule has 0 spiro atoms. The molecule has 0 unspecified atom stereocenters. The number of fused-ring (bicyclic) bond motifs is 1. The predicted molar refractivity (Wildman–Crippen MR) is 119 cm³/mol. The van der Waals surface area contributed by atoms with Crippen LogP contribution in [0, 0.1) is 5.92 Å². The molecular weight excluding hydrogens is 398 g/mol. The highest BCUT2D eigenvalue weighted by atomic mass is 32.1. The first-order valence-electron chi connectivity index (χ1n) is 10.1. The fourth-order valence-electron chi connectivity index (χ4n) is 3.83. The van der Waals surface area contributed by atoms with Crippen LogP contribution in [0.3, 0.4) is 0 Å². The molecule has 1 saturated heterocycles. The molecule has 0 atom stereocenters. The van der Waals surface area contributed by atoms with Gasteiger partial charge in [0.25, 0.3) is 0 Å². The van der Waals surface area contributed by atoms with E-state index < -0.39 is 0 Å². The van der Waals surface area contributed by atoms with E-state index in [2.05, 4.69) is 28.2 Å². The van der Waals surface area contributed by atoms with Crippen molar-refractivity contribution >= 4 is 39.2 Å². The zero-order valence-corrected chi connectivity index (χ0v) is 17.8. The molecule has 0 aliphatic carbocycles. The standard InChI is InChI=1S/C22H25N5O2S/c1-26(10-9-19(28)27-11-7-16(8-12-27)20(23)29)21-17-13-18(15-5-3-2-4-6-15)30-22(17)25-14-24-21/h2-6,13-14,16H,7-12H2,1H3,(H2,23,29). The van der Waals surface area contributed by atoms with Crippen molar-refractivity contribution in [3.05, 3.63) is 42.7 Å². The van der Waals surface area contributed by atoms with Crippen molar-refractivity contribution in [1.82, 2.24) is 14.9 Å². The smallest absolute Gasteiger partial charge is 0.224 e. The van der Waals surface area contributed by atoms with E-state index in [9.17, 15) is 9.59 Å². The summed E-state index contributed by atoms with van der Waals surface area (Å²) in [5.74, 6) is 0.563. The van der Waals surface area contributed by atoms with Crippen LogP contribution in [0.2, 0.25) is 0 Å². The first-order valence-corrected chi connectivity index (χ1v) is 10.9. The van der Waals surface area contributed by atoms with Gasteiger partial charge in [0.1, 0.15) is 17.0 Å². The molecule has 4 rings (SSSR count). The minimum Gasteiger partial charge on any atom is -0.369 e. The Morgan fingerprint density at radius 2 is 1.93 bits per heavy atom. The Morgan fingerprint density at radius 3 is 2.63 bits per heavy atom. The molecule has 0 bridgehead atoms. The molecule has 1 fully saturated rings. The van der Waals surface area contributed by atoms with E-state index >= 15 is 0 Å². The lowest BCUT2D eigenvalue weighted by molar-refractivity contribution is -0.134. The van der Waals surface area contributed by atoms with Gasteiger partial charge >= 0.3 is 0 Å². The number of hydrogen-bond acceptors (Lipinski definition) is 6. The second-order valence-corrected chi connectivity index (χ2v) is 8.65. The van der Waals surface area contributed by atoms with Crippen LogP contribution >= 0.6 is 11.3 Å². The molecule has 156 valence electrons. The lowest BCUT2D eigenvalue weighted by Crippen LogP contribution is -2.42. The molecule has 0 radical (unpaired) electrons. The van der Waals surface area contributed by atoms with Gasteiger partial charge in [0.05, 0.1) is 5.39 Å². The average molecular weight is 424 g/mol. The van der Waals surface area contributed by atoms with Gasteiger partial charge in [0.2, 0.25) is 11.8 Å². The van der Waals surface area contributed by atoms with Crippen LogP contribution in [0.15, 0.2) is 42.7 Å². The highest BCUT2D eigenvalue weighted by molar-refractivity contribution is 7.21. The molecule has 1 aromatic carbocycles. The Bertz CT molecular complexity index is 1040. The Kier molecular flexibility index (Phi) is 5.94. The Balaban J connectivity index is 1.42. The van der Waals surface area contributed by atoms with E-state index in [1.807, 2.05) is 35.0 Å². The SMILES string of the molecule is CN(CCC(=O)N1CCC(C(N)=O)CC1)c1ncnc2sc(-c3ccccc3)cc12. The van der Waals surface area contributed by atoms with Gasteiger partial charge in [-0.05, 0) is 24.5 Å². The van der Waals surface area contributed by atoms with Crippen molar-refractivity contribution in [2.24, 2.45) is 11.7 Å². The van der Waals surface area contributed by atoms with Crippen molar-refractivity contribution < 1.29 is 9.59 Å². The van der Waals surface area contributed by atoms with E-state index in [0.29, 0.717) is 38.9 Å². The number of amides is 2. The molecule has 30 heavy (non-hydrogen) atoms. The molecule has 0 saturated carbocycles. The second kappa shape index (κ2) is 8.79. The summed E-state index contributed by atoms with van der Waals surface area (Å²) in [6.07, 6.45) is 3.29. The number of primary amides is 1. The van der Waals surface area contributed by atoms with Gasteiger partial charge in [-0.15, -0.1) is 11.3 Å². The van der Waals surface area contributed by atoms with Crippen molar-refractivity contribution in [1.29, 1.82) is 0 Å². The van der Waals surface area contributed by atoms with Crippen LogP contribution in [0.1, 0.15) is 19.3 Å². The number of carbonyl (C=O) groups is 2. The molecule has 1 aliphatic heterocycles. The first kappa shape index (κ1) is 20.3. The molecule has 8 heteroatoms. The highest BCUT2D eigenvalue weighted by Gasteiger charge is 2.26. The Labute approximate surface area is 179 Å². The molecule has 7 nitrogen and oxygen atoms in total. The quantitative estimate of drug-likeness (QED) is 0.658. The predicted octanol–water partition coefficient (Wildman–Crippen LogP) is 2.91. The summed E-state index contributed by atoms with van der Waals surface area (Å²) >= 11 is 1.64. The summed E-state index contributed by atoms with van der Waals surface area (Å²) in [5, 5.41) is 0.999. The van der Waals surface area contributed by atoms with Crippen LogP contribution in [0.5, 0.6) is 0 Å². The number of likely N-dealkylation sites (tertiary alicyclic amines) is 1. The minimum atomic E-state index is -0.264. The third-order valence-electron chi connectivity index (χ3n) is 5.64. The highest BCUT2D eigenvalue weighted by Crippen LogP contribution is 2.35. The zero-order valence-electron chi connectivity index (χ0n) is 17.0. The van der Waals surface area contributed by atoms with Crippen molar-refractivity contribution in [2.45, 2.75) is 19.3 Å². The second-order valence-electron chi connectivity index (χ2n) is 7.62. The van der Waals surface area contributed by atoms with E-state index in [1.54, 1.807) is 17.7 Å². The molecule has 3 aromatic rings. The minimum absolute atomic E-state index is 0.102.